The molecule has 0 saturated carbocycles. The third kappa shape index (κ3) is 1.19. The van der Waals surface area contributed by atoms with E-state index in [1.54, 1.807) is 6.07 Å². The van der Waals surface area contributed by atoms with Crippen LogP contribution in [0.5, 0.6) is 0 Å². The molecule has 1 aromatic heterocycles. The van der Waals surface area contributed by atoms with Gasteiger partial charge in [0.05, 0.1) is 8.57 Å². The summed E-state index contributed by atoms with van der Waals surface area (Å²) in [6.07, 6.45) is 0. The first kappa shape index (κ1) is 8.25. The number of nitrogens with two attached hydrogens (primary N) is 1. The van der Waals surface area contributed by atoms with Crippen molar-refractivity contribution in [2.24, 2.45) is 0 Å². The summed E-state index contributed by atoms with van der Waals surface area (Å²) in [7, 11) is 0. The summed E-state index contributed by atoms with van der Waals surface area (Å²) in [5.41, 5.74) is 6.53. The summed E-state index contributed by atoms with van der Waals surface area (Å²) in [6, 6.07) is 4.67. The van der Waals surface area contributed by atoms with E-state index in [-0.39, 0.29) is 5.82 Å². The number of nitrogen functional groups attached to an aromatic ring is 1. The van der Waals surface area contributed by atoms with Crippen LogP contribution in [0.2, 0.25) is 0 Å². The number of fused-ring (bicyclic) bond motifs is 1. The Hall–Kier alpha value is -0.360. The quantitative estimate of drug-likeness (QED) is 0.741. The Morgan fingerprint density at radius 1 is 1.42 bits per heavy atom. The molecule has 0 aliphatic carbocycles. The van der Waals surface area contributed by atoms with Crippen molar-refractivity contribution in [3.8, 4) is 0 Å². The molecule has 0 aliphatic heterocycles. The lowest BCUT2D eigenvalue weighted by atomic mass is 10.2. The fourth-order valence-corrected chi connectivity index (χ4v) is 2.94. The van der Waals surface area contributed by atoms with Crippen LogP contribution in [-0.2, 0) is 0 Å². The normalized spacial score (nSPS) is 10.8. The molecule has 1 heterocycles. The van der Waals surface area contributed by atoms with Gasteiger partial charge in [0.1, 0.15) is 5.82 Å². The van der Waals surface area contributed by atoms with Crippen molar-refractivity contribution in [2.75, 3.05) is 5.73 Å². The second kappa shape index (κ2) is 2.85. The van der Waals surface area contributed by atoms with Crippen LogP contribution < -0.4 is 5.73 Å². The number of halogens is 2. The minimum Gasteiger partial charge on any atom is -0.397 e. The van der Waals surface area contributed by atoms with Crippen molar-refractivity contribution >= 4 is 49.7 Å². The smallest absolute Gasteiger partial charge is 0.124 e. The number of hydrogen-bond donors (Lipinski definition) is 1. The molecule has 0 aliphatic rings. The highest BCUT2D eigenvalue weighted by Gasteiger charge is 2.06. The van der Waals surface area contributed by atoms with E-state index in [0.29, 0.717) is 0 Å². The lowest BCUT2D eigenvalue weighted by molar-refractivity contribution is 0.630. The molecule has 1 aromatic carbocycles. The summed E-state index contributed by atoms with van der Waals surface area (Å²) in [5, 5.41) is 0.950. The first-order valence-electron chi connectivity index (χ1n) is 3.31. The zero-order chi connectivity index (χ0) is 8.72. The third-order valence-corrected chi connectivity index (χ3v) is 3.84. The molecule has 0 unspecified atom stereocenters. The van der Waals surface area contributed by atoms with Crippen LogP contribution in [0.1, 0.15) is 0 Å². The molecule has 0 atom stereocenters. The molecule has 12 heavy (non-hydrogen) atoms. The Labute approximate surface area is 86.5 Å². The van der Waals surface area contributed by atoms with Gasteiger partial charge in [-0.15, -0.1) is 11.3 Å². The number of anilines is 1. The number of thiophene rings is 1. The second-order valence-electron chi connectivity index (χ2n) is 2.43. The van der Waals surface area contributed by atoms with Crippen LogP contribution >= 0.6 is 33.9 Å². The fraction of sp³-hybridized carbons (Fsp3) is 0. The van der Waals surface area contributed by atoms with Crippen LogP contribution in [0.3, 0.4) is 0 Å². The predicted octanol–water partition coefficient (Wildman–Crippen LogP) is 3.23. The zero-order valence-electron chi connectivity index (χ0n) is 5.97. The molecule has 2 N–H and O–H groups in total. The average molecular weight is 293 g/mol. The van der Waals surface area contributed by atoms with Gasteiger partial charge in [0.15, 0.2) is 0 Å². The standard InChI is InChI=1S/C8H5FINS/c9-4-1-2-5-6(3-4)12-8(10)7(5)11/h1-3H,11H2. The molecule has 0 fully saturated rings. The van der Waals surface area contributed by atoms with E-state index in [0.717, 1.165) is 18.7 Å². The summed E-state index contributed by atoms with van der Waals surface area (Å²) >= 11 is 3.67. The molecule has 0 radical (unpaired) electrons. The van der Waals surface area contributed by atoms with Gasteiger partial charge in [-0.05, 0) is 40.8 Å². The minimum absolute atomic E-state index is 0.208. The zero-order valence-corrected chi connectivity index (χ0v) is 8.95. The Kier molecular flexibility index (Phi) is 1.96. The molecular weight excluding hydrogens is 288 g/mol. The van der Waals surface area contributed by atoms with E-state index in [1.807, 2.05) is 0 Å². The average Bonchev–Trinajstić information content (AvgIpc) is 2.28. The molecule has 0 amide bonds. The summed E-state index contributed by atoms with van der Waals surface area (Å²) < 4.78 is 14.7. The Balaban J connectivity index is 2.87. The lowest BCUT2D eigenvalue weighted by Crippen LogP contribution is -1.83. The lowest BCUT2D eigenvalue weighted by Gasteiger charge is -1.90. The van der Waals surface area contributed by atoms with Gasteiger partial charge in [-0.1, -0.05) is 0 Å². The summed E-state index contributed by atoms with van der Waals surface area (Å²) in [5.74, 6) is -0.208. The van der Waals surface area contributed by atoms with Gasteiger partial charge >= 0.3 is 0 Å². The second-order valence-corrected chi connectivity index (χ2v) is 5.29. The van der Waals surface area contributed by atoms with Gasteiger partial charge in [0.25, 0.3) is 0 Å². The Bertz CT molecular complexity index is 438. The van der Waals surface area contributed by atoms with Crippen LogP contribution in [0.4, 0.5) is 10.1 Å². The van der Waals surface area contributed by atoms with Crippen molar-refractivity contribution in [1.82, 2.24) is 0 Å². The highest BCUT2D eigenvalue weighted by Crippen LogP contribution is 2.34. The number of hydrogen-bond acceptors (Lipinski definition) is 2. The summed E-state index contributed by atoms with van der Waals surface area (Å²) in [4.78, 5) is 0. The summed E-state index contributed by atoms with van der Waals surface area (Å²) in [6.45, 7) is 0. The molecular formula is C8H5FINS. The van der Waals surface area contributed by atoms with E-state index >= 15 is 0 Å². The third-order valence-electron chi connectivity index (χ3n) is 1.65. The van der Waals surface area contributed by atoms with Gasteiger partial charge < -0.3 is 5.73 Å². The molecule has 0 spiro atoms. The Morgan fingerprint density at radius 3 is 2.92 bits per heavy atom. The predicted molar refractivity (Wildman–Crippen MR) is 58.9 cm³/mol. The maximum absolute atomic E-state index is 12.7. The van der Waals surface area contributed by atoms with Crippen molar-refractivity contribution in [3.05, 3.63) is 26.9 Å². The molecule has 2 aromatic rings. The van der Waals surface area contributed by atoms with Crippen molar-refractivity contribution in [2.45, 2.75) is 0 Å². The van der Waals surface area contributed by atoms with Crippen molar-refractivity contribution < 1.29 is 4.39 Å². The number of benzene rings is 1. The molecule has 1 nitrogen and oxygen atoms in total. The van der Waals surface area contributed by atoms with E-state index < -0.39 is 0 Å². The molecule has 4 heteroatoms. The first-order valence-corrected chi connectivity index (χ1v) is 5.21. The monoisotopic (exact) mass is 293 g/mol. The van der Waals surface area contributed by atoms with E-state index in [1.165, 1.54) is 23.5 Å². The van der Waals surface area contributed by atoms with E-state index in [4.69, 9.17) is 5.73 Å². The fourth-order valence-electron chi connectivity index (χ4n) is 1.06. The van der Waals surface area contributed by atoms with Crippen LogP contribution in [0.15, 0.2) is 18.2 Å². The van der Waals surface area contributed by atoms with Gasteiger partial charge in [0.2, 0.25) is 0 Å². The van der Waals surface area contributed by atoms with Crippen molar-refractivity contribution in [3.63, 3.8) is 0 Å². The van der Waals surface area contributed by atoms with Gasteiger partial charge in [0, 0.05) is 10.1 Å². The van der Waals surface area contributed by atoms with Gasteiger partial charge in [-0.25, -0.2) is 4.39 Å². The molecule has 0 bridgehead atoms. The molecule has 2 rings (SSSR count). The largest absolute Gasteiger partial charge is 0.397 e. The maximum atomic E-state index is 12.7. The SMILES string of the molecule is Nc1c(I)sc2cc(F)ccc12. The highest BCUT2D eigenvalue weighted by molar-refractivity contribution is 14.1. The van der Waals surface area contributed by atoms with Gasteiger partial charge in [-0.2, -0.15) is 0 Å². The molecule has 0 saturated heterocycles. The minimum atomic E-state index is -0.208. The molecule has 62 valence electrons. The first-order chi connectivity index (χ1) is 5.68. The van der Waals surface area contributed by atoms with E-state index in [9.17, 15) is 4.39 Å². The number of rotatable bonds is 0. The maximum Gasteiger partial charge on any atom is 0.124 e. The van der Waals surface area contributed by atoms with Gasteiger partial charge in [-0.3, -0.25) is 0 Å². The van der Waals surface area contributed by atoms with E-state index in [2.05, 4.69) is 22.6 Å². The highest BCUT2D eigenvalue weighted by atomic mass is 127. The van der Waals surface area contributed by atoms with Crippen LogP contribution in [0, 0.1) is 8.70 Å². The van der Waals surface area contributed by atoms with Crippen LogP contribution in [-0.4, -0.2) is 0 Å². The van der Waals surface area contributed by atoms with Crippen LogP contribution in [0.25, 0.3) is 10.1 Å². The topological polar surface area (TPSA) is 26.0 Å². The van der Waals surface area contributed by atoms with Crippen molar-refractivity contribution in [1.29, 1.82) is 0 Å². The Morgan fingerprint density at radius 2 is 2.17 bits per heavy atom.